The average Bonchev–Trinajstić information content (AvgIpc) is 3.40. The summed E-state index contributed by atoms with van der Waals surface area (Å²) in [6.45, 7) is 5.06. The molecule has 4 unspecified atom stereocenters. The fraction of sp³-hybridized carbons (Fsp3) is 0.429. The molecular formula is C21H22. The molecule has 2 aromatic carbocycles. The van der Waals surface area contributed by atoms with Crippen molar-refractivity contribution in [3.05, 3.63) is 71.8 Å². The van der Waals surface area contributed by atoms with Crippen molar-refractivity contribution in [2.75, 3.05) is 0 Å². The van der Waals surface area contributed by atoms with E-state index in [0.29, 0.717) is 16.2 Å². The minimum atomic E-state index is 0.425. The van der Waals surface area contributed by atoms with Gasteiger partial charge in [-0.2, -0.15) is 0 Å². The summed E-state index contributed by atoms with van der Waals surface area (Å²) in [5.41, 5.74) is 4.54. The third-order valence-electron chi connectivity index (χ3n) is 7.21. The second-order valence-corrected chi connectivity index (χ2v) is 7.98. The quantitative estimate of drug-likeness (QED) is 0.727. The molecule has 4 atom stereocenters. The third-order valence-corrected chi connectivity index (χ3v) is 7.21. The summed E-state index contributed by atoms with van der Waals surface area (Å²) >= 11 is 0. The highest BCUT2D eigenvalue weighted by molar-refractivity contribution is 5.54. The Labute approximate surface area is 127 Å². The number of fused-ring (bicyclic) bond motifs is 3. The Morgan fingerprint density at radius 3 is 1.90 bits per heavy atom. The molecule has 5 rings (SSSR count). The molecular weight excluding hydrogens is 252 g/mol. The van der Waals surface area contributed by atoms with E-state index >= 15 is 0 Å². The van der Waals surface area contributed by atoms with E-state index in [4.69, 9.17) is 0 Å². The standard InChI is InChI=1S/C21H22/c1-19(2)17-13-20(17,15-9-5-3-6-10-15)18-14-21(18,19)16-11-7-4-8-12-16/h3-12,17-18H,13-14H2,1-2H3. The fourth-order valence-corrected chi connectivity index (χ4v) is 6.17. The molecule has 3 aliphatic carbocycles. The van der Waals surface area contributed by atoms with E-state index in [2.05, 4.69) is 74.5 Å². The van der Waals surface area contributed by atoms with Crippen molar-refractivity contribution in [3.8, 4) is 0 Å². The third kappa shape index (κ3) is 1.16. The number of hydrogen-bond donors (Lipinski definition) is 0. The van der Waals surface area contributed by atoms with Crippen LogP contribution >= 0.6 is 0 Å². The van der Waals surface area contributed by atoms with Gasteiger partial charge in [-0.1, -0.05) is 74.5 Å². The molecule has 21 heavy (non-hydrogen) atoms. The van der Waals surface area contributed by atoms with Crippen molar-refractivity contribution in [2.45, 2.75) is 37.5 Å². The van der Waals surface area contributed by atoms with Gasteiger partial charge in [0.1, 0.15) is 0 Å². The smallest absolute Gasteiger partial charge is 0.00475 e. The molecule has 0 spiro atoms. The van der Waals surface area contributed by atoms with Crippen molar-refractivity contribution >= 4 is 0 Å². The second kappa shape index (κ2) is 3.43. The number of benzene rings is 2. The SMILES string of the molecule is CC1(C)C2CC2(c2ccccc2)C2CC21c1ccccc1. The van der Waals surface area contributed by atoms with Gasteiger partial charge in [0, 0.05) is 10.8 Å². The molecule has 0 amide bonds. The molecule has 0 heteroatoms. The molecule has 106 valence electrons. The van der Waals surface area contributed by atoms with Crippen molar-refractivity contribution < 1.29 is 0 Å². The largest absolute Gasteiger partial charge is 0.0622 e. The maximum absolute atomic E-state index is 2.53. The predicted octanol–water partition coefficient (Wildman–Crippen LogP) is 4.94. The Bertz CT molecular complexity index is 699. The van der Waals surface area contributed by atoms with E-state index in [1.54, 1.807) is 11.1 Å². The molecule has 3 aliphatic rings. The molecule has 0 aliphatic heterocycles. The zero-order chi connectivity index (χ0) is 14.3. The van der Waals surface area contributed by atoms with Crippen molar-refractivity contribution in [1.29, 1.82) is 0 Å². The zero-order valence-corrected chi connectivity index (χ0v) is 12.8. The molecule has 0 heterocycles. The summed E-state index contributed by atoms with van der Waals surface area (Å²) in [5, 5.41) is 0. The van der Waals surface area contributed by atoms with Crippen LogP contribution in [0, 0.1) is 17.3 Å². The maximum Gasteiger partial charge on any atom is 0.00475 e. The van der Waals surface area contributed by atoms with E-state index in [9.17, 15) is 0 Å². The van der Waals surface area contributed by atoms with Gasteiger partial charge >= 0.3 is 0 Å². The van der Waals surface area contributed by atoms with Gasteiger partial charge < -0.3 is 0 Å². The van der Waals surface area contributed by atoms with Crippen LogP contribution in [0.15, 0.2) is 60.7 Å². The summed E-state index contributed by atoms with van der Waals surface area (Å²) < 4.78 is 0. The number of hydrogen-bond acceptors (Lipinski definition) is 0. The normalized spacial score (nSPS) is 41.2. The number of rotatable bonds is 2. The van der Waals surface area contributed by atoms with Crippen LogP contribution in [0.5, 0.6) is 0 Å². The van der Waals surface area contributed by atoms with Crippen LogP contribution in [-0.4, -0.2) is 0 Å². The minimum absolute atomic E-state index is 0.425. The zero-order valence-electron chi connectivity index (χ0n) is 12.8. The first-order chi connectivity index (χ1) is 10.1. The summed E-state index contributed by atoms with van der Waals surface area (Å²) in [4.78, 5) is 0. The van der Waals surface area contributed by atoms with Crippen LogP contribution in [0.4, 0.5) is 0 Å². The van der Waals surface area contributed by atoms with Gasteiger partial charge in [-0.3, -0.25) is 0 Å². The molecule has 0 aromatic heterocycles. The fourth-order valence-electron chi connectivity index (χ4n) is 6.17. The van der Waals surface area contributed by atoms with Crippen LogP contribution in [0.1, 0.15) is 37.8 Å². The van der Waals surface area contributed by atoms with Crippen LogP contribution in [0.3, 0.4) is 0 Å². The molecule has 3 saturated carbocycles. The van der Waals surface area contributed by atoms with E-state index in [0.717, 1.165) is 11.8 Å². The van der Waals surface area contributed by atoms with E-state index in [1.807, 2.05) is 0 Å². The average molecular weight is 274 g/mol. The molecule has 0 saturated heterocycles. The van der Waals surface area contributed by atoms with Gasteiger partial charge in [-0.25, -0.2) is 0 Å². The lowest BCUT2D eigenvalue weighted by molar-refractivity contribution is 0.238. The van der Waals surface area contributed by atoms with Crippen molar-refractivity contribution in [2.24, 2.45) is 17.3 Å². The van der Waals surface area contributed by atoms with E-state index in [1.165, 1.54) is 12.8 Å². The first-order valence-electron chi connectivity index (χ1n) is 8.25. The van der Waals surface area contributed by atoms with Gasteiger partial charge in [-0.15, -0.1) is 0 Å². The Hall–Kier alpha value is -1.56. The Morgan fingerprint density at radius 2 is 1.29 bits per heavy atom. The highest BCUT2D eigenvalue weighted by atomic mass is 14.9. The minimum Gasteiger partial charge on any atom is -0.0622 e. The highest BCUT2D eigenvalue weighted by Crippen LogP contribution is 2.89. The Morgan fingerprint density at radius 1 is 0.714 bits per heavy atom. The van der Waals surface area contributed by atoms with E-state index in [-0.39, 0.29) is 0 Å². The van der Waals surface area contributed by atoms with Gasteiger partial charge in [0.25, 0.3) is 0 Å². The van der Waals surface area contributed by atoms with Gasteiger partial charge in [0.05, 0.1) is 0 Å². The highest BCUT2D eigenvalue weighted by Gasteiger charge is 2.87. The van der Waals surface area contributed by atoms with Crippen molar-refractivity contribution in [1.82, 2.24) is 0 Å². The molecule has 0 N–H and O–H groups in total. The summed E-state index contributed by atoms with van der Waals surface area (Å²) in [7, 11) is 0. The maximum atomic E-state index is 2.53. The lowest BCUT2D eigenvalue weighted by atomic mass is 9.70. The monoisotopic (exact) mass is 274 g/mol. The molecule has 0 nitrogen and oxygen atoms in total. The Kier molecular flexibility index (Phi) is 1.96. The summed E-state index contributed by atoms with van der Waals surface area (Å²) in [6, 6.07) is 22.6. The first-order valence-corrected chi connectivity index (χ1v) is 8.25. The van der Waals surface area contributed by atoms with E-state index < -0.39 is 0 Å². The van der Waals surface area contributed by atoms with Crippen molar-refractivity contribution in [3.63, 3.8) is 0 Å². The molecule has 0 bridgehead atoms. The van der Waals surface area contributed by atoms with Gasteiger partial charge in [0.2, 0.25) is 0 Å². The predicted molar refractivity (Wildman–Crippen MR) is 86.2 cm³/mol. The molecule has 0 radical (unpaired) electrons. The lowest BCUT2D eigenvalue weighted by Crippen LogP contribution is -2.30. The van der Waals surface area contributed by atoms with Crippen LogP contribution in [0.2, 0.25) is 0 Å². The second-order valence-electron chi connectivity index (χ2n) is 7.98. The topological polar surface area (TPSA) is 0 Å². The molecule has 2 aromatic rings. The van der Waals surface area contributed by atoms with Crippen LogP contribution in [0.25, 0.3) is 0 Å². The summed E-state index contributed by atoms with van der Waals surface area (Å²) in [5.74, 6) is 1.72. The van der Waals surface area contributed by atoms with Gasteiger partial charge in [0.15, 0.2) is 0 Å². The summed E-state index contributed by atoms with van der Waals surface area (Å²) in [6.07, 6.45) is 2.79. The lowest BCUT2D eigenvalue weighted by Gasteiger charge is -2.34. The van der Waals surface area contributed by atoms with Crippen LogP contribution < -0.4 is 0 Å². The van der Waals surface area contributed by atoms with Crippen LogP contribution in [-0.2, 0) is 10.8 Å². The molecule has 3 fully saturated rings. The first kappa shape index (κ1) is 12.0. The van der Waals surface area contributed by atoms with Gasteiger partial charge in [-0.05, 0) is 41.2 Å². The Balaban J connectivity index is 1.66.